The summed E-state index contributed by atoms with van der Waals surface area (Å²) < 4.78 is 0. The fourth-order valence-electron chi connectivity index (χ4n) is 2.89. The average Bonchev–Trinajstić information content (AvgIpc) is 2.47. The van der Waals surface area contributed by atoms with E-state index in [0.717, 1.165) is 12.0 Å². The van der Waals surface area contributed by atoms with Crippen LogP contribution in [-0.4, -0.2) is 35.2 Å². The number of β-amino-alcohol motifs (C(OH)–C–C–N with tert-alkyl or cyclic N) is 1. The van der Waals surface area contributed by atoms with Crippen molar-refractivity contribution in [3.8, 4) is 0 Å². The minimum absolute atomic E-state index is 0.0577. The largest absolute Gasteiger partial charge is 0.391 e. The molecule has 122 valence electrons. The highest BCUT2D eigenvalue weighted by Crippen LogP contribution is 2.33. The van der Waals surface area contributed by atoms with Gasteiger partial charge in [0.1, 0.15) is 0 Å². The third-order valence-electron chi connectivity index (χ3n) is 4.47. The van der Waals surface area contributed by atoms with E-state index in [1.54, 1.807) is 4.90 Å². The lowest BCUT2D eigenvalue weighted by Crippen LogP contribution is -2.51. The van der Waals surface area contributed by atoms with Gasteiger partial charge in [-0.2, -0.15) is 0 Å². The molecule has 1 aromatic carbocycles. The first-order valence-electron chi connectivity index (χ1n) is 8.07. The molecule has 0 spiro atoms. The molecule has 22 heavy (non-hydrogen) atoms. The fraction of sp³-hybridized carbons (Fsp3) is 0.611. The molecule has 4 heteroatoms. The molecule has 0 bridgehead atoms. The van der Waals surface area contributed by atoms with Crippen molar-refractivity contribution in [1.29, 1.82) is 0 Å². The number of hydrogen-bond donors (Lipinski definition) is 2. The fourth-order valence-corrected chi connectivity index (χ4v) is 2.89. The van der Waals surface area contributed by atoms with E-state index in [0.29, 0.717) is 13.1 Å². The van der Waals surface area contributed by atoms with Gasteiger partial charge >= 0.3 is 6.03 Å². The van der Waals surface area contributed by atoms with Gasteiger partial charge in [0.2, 0.25) is 0 Å². The van der Waals surface area contributed by atoms with Crippen molar-refractivity contribution >= 4 is 6.03 Å². The van der Waals surface area contributed by atoms with Crippen LogP contribution in [0.25, 0.3) is 0 Å². The number of aliphatic hydroxyl groups is 1. The van der Waals surface area contributed by atoms with E-state index in [1.807, 2.05) is 37.3 Å². The van der Waals surface area contributed by atoms with E-state index in [2.05, 4.69) is 26.1 Å². The third kappa shape index (κ3) is 4.01. The summed E-state index contributed by atoms with van der Waals surface area (Å²) in [5.74, 6) is 0.261. The lowest BCUT2D eigenvalue weighted by Gasteiger charge is -2.38. The number of nitrogens with one attached hydrogen (secondary N) is 1. The molecule has 1 fully saturated rings. The highest BCUT2D eigenvalue weighted by atomic mass is 16.3. The zero-order chi connectivity index (χ0) is 16.3. The zero-order valence-electron chi connectivity index (χ0n) is 14.0. The molecule has 3 unspecified atom stereocenters. The van der Waals surface area contributed by atoms with E-state index in [9.17, 15) is 9.90 Å². The molecule has 1 aromatic rings. The van der Waals surface area contributed by atoms with Crippen LogP contribution in [0.15, 0.2) is 30.3 Å². The summed E-state index contributed by atoms with van der Waals surface area (Å²) in [5, 5.41) is 13.1. The Balaban J connectivity index is 2.09. The average molecular weight is 304 g/mol. The van der Waals surface area contributed by atoms with E-state index in [4.69, 9.17) is 0 Å². The number of carbonyl (C=O) groups is 1. The molecule has 2 amide bonds. The van der Waals surface area contributed by atoms with E-state index in [1.165, 1.54) is 0 Å². The van der Waals surface area contributed by atoms with Crippen molar-refractivity contribution in [2.45, 2.75) is 46.3 Å². The molecule has 1 aliphatic heterocycles. The Morgan fingerprint density at radius 2 is 1.95 bits per heavy atom. The predicted molar refractivity (Wildman–Crippen MR) is 88.5 cm³/mol. The monoisotopic (exact) mass is 304 g/mol. The molecule has 0 aromatic heterocycles. The Labute approximate surface area is 133 Å². The predicted octanol–water partition coefficient (Wildman–Crippen LogP) is 3.19. The molecule has 1 heterocycles. The molecular formula is C18H28N2O2. The lowest BCUT2D eigenvalue weighted by molar-refractivity contribution is 0.0419. The summed E-state index contributed by atoms with van der Waals surface area (Å²) in [6.45, 7) is 9.52. The van der Waals surface area contributed by atoms with Crippen LogP contribution in [0, 0.1) is 11.3 Å². The van der Waals surface area contributed by atoms with Crippen LogP contribution in [-0.2, 0) is 0 Å². The quantitative estimate of drug-likeness (QED) is 0.881. The van der Waals surface area contributed by atoms with Crippen molar-refractivity contribution < 1.29 is 9.90 Å². The van der Waals surface area contributed by atoms with Crippen molar-refractivity contribution in [2.75, 3.05) is 13.1 Å². The molecule has 2 N–H and O–H groups in total. The number of amides is 2. The Morgan fingerprint density at radius 3 is 2.50 bits per heavy atom. The number of piperidine rings is 1. The standard InChI is InChI=1S/C18H28N2O2/c1-13-10-11-20(12-15(13)21)17(22)19-16(18(2,3)4)14-8-6-5-7-9-14/h5-9,13,15-16,21H,10-12H2,1-4H3,(H,19,22). The second kappa shape index (κ2) is 6.69. The van der Waals surface area contributed by atoms with Gasteiger partial charge in [-0.3, -0.25) is 0 Å². The van der Waals surface area contributed by atoms with Crippen LogP contribution >= 0.6 is 0 Å². The summed E-state index contributed by atoms with van der Waals surface area (Å²) in [6, 6.07) is 9.91. The molecule has 3 atom stereocenters. The van der Waals surface area contributed by atoms with Crippen LogP contribution in [0.5, 0.6) is 0 Å². The number of nitrogens with zero attached hydrogens (tertiary/aromatic N) is 1. The van der Waals surface area contributed by atoms with Gasteiger partial charge in [-0.15, -0.1) is 0 Å². The molecule has 4 nitrogen and oxygen atoms in total. The van der Waals surface area contributed by atoms with E-state index < -0.39 is 6.10 Å². The van der Waals surface area contributed by atoms with Crippen LogP contribution in [0.1, 0.15) is 45.7 Å². The lowest BCUT2D eigenvalue weighted by atomic mass is 9.82. The SMILES string of the molecule is CC1CCN(C(=O)NC(c2ccccc2)C(C)(C)C)CC1O. The molecular weight excluding hydrogens is 276 g/mol. The van der Waals surface area contributed by atoms with Crippen LogP contribution < -0.4 is 5.32 Å². The maximum Gasteiger partial charge on any atom is 0.317 e. The van der Waals surface area contributed by atoms with Crippen molar-refractivity contribution in [3.05, 3.63) is 35.9 Å². The first kappa shape index (κ1) is 16.8. The number of benzene rings is 1. The number of urea groups is 1. The summed E-state index contributed by atoms with van der Waals surface area (Å²) in [6.07, 6.45) is 0.421. The number of rotatable bonds is 2. The van der Waals surface area contributed by atoms with E-state index in [-0.39, 0.29) is 23.4 Å². The van der Waals surface area contributed by atoms with Crippen LogP contribution in [0.4, 0.5) is 4.79 Å². The molecule has 2 rings (SSSR count). The second-order valence-electron chi connectivity index (χ2n) is 7.44. The minimum atomic E-state index is -0.427. The number of likely N-dealkylation sites (tertiary alicyclic amines) is 1. The van der Waals surface area contributed by atoms with Crippen LogP contribution in [0.2, 0.25) is 0 Å². The third-order valence-corrected chi connectivity index (χ3v) is 4.47. The Kier molecular flexibility index (Phi) is 5.12. The molecule has 1 saturated heterocycles. The number of hydrogen-bond acceptors (Lipinski definition) is 2. The maximum atomic E-state index is 12.6. The first-order chi connectivity index (χ1) is 10.3. The normalized spacial score (nSPS) is 24.0. The topological polar surface area (TPSA) is 52.6 Å². The van der Waals surface area contributed by atoms with Crippen LogP contribution in [0.3, 0.4) is 0 Å². The summed E-state index contributed by atoms with van der Waals surface area (Å²) in [7, 11) is 0. The molecule has 0 saturated carbocycles. The Morgan fingerprint density at radius 1 is 1.32 bits per heavy atom. The summed E-state index contributed by atoms with van der Waals surface area (Å²) >= 11 is 0. The van der Waals surface area contributed by atoms with Crippen molar-refractivity contribution in [1.82, 2.24) is 10.2 Å². The number of carbonyl (C=O) groups excluding carboxylic acids is 1. The van der Waals surface area contributed by atoms with Gasteiger partial charge in [-0.25, -0.2) is 4.79 Å². The minimum Gasteiger partial charge on any atom is -0.391 e. The molecule has 1 aliphatic rings. The molecule has 0 aliphatic carbocycles. The van der Waals surface area contributed by atoms with Gasteiger partial charge in [0, 0.05) is 13.1 Å². The zero-order valence-corrected chi connectivity index (χ0v) is 14.0. The molecule has 0 radical (unpaired) electrons. The van der Waals surface area contributed by atoms with Crippen molar-refractivity contribution in [2.24, 2.45) is 11.3 Å². The highest BCUT2D eigenvalue weighted by Gasteiger charge is 2.32. The van der Waals surface area contributed by atoms with Gasteiger partial charge in [-0.05, 0) is 23.3 Å². The van der Waals surface area contributed by atoms with Gasteiger partial charge in [-0.1, -0.05) is 58.0 Å². The summed E-state index contributed by atoms with van der Waals surface area (Å²) in [4.78, 5) is 14.3. The number of aliphatic hydroxyl groups excluding tert-OH is 1. The summed E-state index contributed by atoms with van der Waals surface area (Å²) in [5.41, 5.74) is 1.02. The second-order valence-corrected chi connectivity index (χ2v) is 7.44. The van der Waals surface area contributed by atoms with Gasteiger partial charge < -0.3 is 15.3 Å². The van der Waals surface area contributed by atoms with E-state index >= 15 is 0 Å². The smallest absolute Gasteiger partial charge is 0.317 e. The Bertz CT molecular complexity index is 496. The highest BCUT2D eigenvalue weighted by molar-refractivity contribution is 5.75. The maximum absolute atomic E-state index is 12.6. The Hall–Kier alpha value is -1.55. The van der Waals surface area contributed by atoms with Crippen molar-refractivity contribution in [3.63, 3.8) is 0 Å². The van der Waals surface area contributed by atoms with Gasteiger partial charge in [0.05, 0.1) is 12.1 Å². The van der Waals surface area contributed by atoms with Gasteiger partial charge in [0.25, 0.3) is 0 Å². The van der Waals surface area contributed by atoms with Gasteiger partial charge in [0.15, 0.2) is 0 Å². The first-order valence-corrected chi connectivity index (χ1v) is 8.07.